The number of unbranched alkanes of at least 4 members (excludes halogenated alkanes) is 8. The monoisotopic (exact) mass is 919 g/mol. The van der Waals surface area contributed by atoms with Crippen molar-refractivity contribution in [3.8, 4) is 0 Å². The Morgan fingerprint density at radius 1 is 0.594 bits per heavy atom. The van der Waals surface area contributed by atoms with Crippen molar-refractivity contribution in [1.82, 2.24) is 0 Å². The van der Waals surface area contributed by atoms with Crippen LogP contribution in [0.15, 0.2) is 109 Å². The SMILES string of the molecule is CC/C=C\C/C=C\C/C=C\C/C=C\C/C=C\C/C=C\CCCCCCCOCC(COC1OC(CO)C(O)C(OS(=O)(=O)O)C1O)OC(=O)CCCCC/C=C\C/C=C\C/C=C\CC. The maximum atomic E-state index is 12.8. The quantitative estimate of drug-likeness (QED) is 0.0199. The second-order valence-electron chi connectivity index (χ2n) is 15.6. The number of rotatable bonds is 39. The van der Waals surface area contributed by atoms with Gasteiger partial charge in [0, 0.05) is 13.0 Å². The molecule has 1 heterocycles. The fraction of sp³-hybridized carbons (Fsp3) is 0.627. The number of allylic oxidation sites excluding steroid dienone is 18. The van der Waals surface area contributed by atoms with Crippen LogP contribution in [0.3, 0.4) is 0 Å². The van der Waals surface area contributed by atoms with E-state index in [9.17, 15) is 28.5 Å². The van der Waals surface area contributed by atoms with Crippen LogP contribution in [0.5, 0.6) is 0 Å². The Bertz CT molecular complexity index is 1530. The van der Waals surface area contributed by atoms with E-state index in [1.165, 1.54) is 0 Å². The topological polar surface area (TPSA) is 178 Å². The predicted octanol–water partition coefficient (Wildman–Crippen LogP) is 10.4. The van der Waals surface area contributed by atoms with Gasteiger partial charge in [0.15, 0.2) is 6.29 Å². The number of ether oxygens (including phenoxy) is 4. The minimum absolute atomic E-state index is 0.00235. The highest BCUT2D eigenvalue weighted by Crippen LogP contribution is 2.26. The van der Waals surface area contributed by atoms with Gasteiger partial charge in [-0.2, -0.15) is 8.42 Å². The Hall–Kier alpha value is -3.24. The molecule has 364 valence electrons. The molecule has 0 aromatic rings. The van der Waals surface area contributed by atoms with Gasteiger partial charge in [0.25, 0.3) is 0 Å². The minimum atomic E-state index is -5.08. The summed E-state index contributed by atoms with van der Waals surface area (Å²) in [5, 5.41) is 30.7. The zero-order valence-electron chi connectivity index (χ0n) is 38.8. The zero-order chi connectivity index (χ0) is 46.8. The molecule has 1 fully saturated rings. The molecule has 4 N–H and O–H groups in total. The summed E-state index contributed by atoms with van der Waals surface area (Å²) in [6.45, 7) is 3.64. The van der Waals surface area contributed by atoms with Crippen LogP contribution in [-0.2, 0) is 38.3 Å². The number of carbonyl (C=O) groups is 1. The number of aliphatic hydroxyl groups excluding tert-OH is 3. The van der Waals surface area contributed by atoms with E-state index >= 15 is 0 Å². The number of esters is 1. The van der Waals surface area contributed by atoms with Gasteiger partial charge >= 0.3 is 16.4 Å². The summed E-state index contributed by atoms with van der Waals surface area (Å²) in [6.07, 6.45) is 48.4. The molecule has 1 aliphatic rings. The van der Waals surface area contributed by atoms with Gasteiger partial charge < -0.3 is 34.3 Å². The molecule has 1 rings (SSSR count). The van der Waals surface area contributed by atoms with Gasteiger partial charge in [-0.1, -0.05) is 149 Å². The molecule has 0 saturated carbocycles. The van der Waals surface area contributed by atoms with Crippen molar-refractivity contribution in [3.63, 3.8) is 0 Å². The first kappa shape index (κ1) is 58.8. The van der Waals surface area contributed by atoms with Crippen molar-refractivity contribution in [2.24, 2.45) is 0 Å². The van der Waals surface area contributed by atoms with Crippen LogP contribution in [0.25, 0.3) is 0 Å². The molecule has 0 aliphatic carbocycles. The van der Waals surface area contributed by atoms with E-state index in [1.54, 1.807) is 0 Å². The minimum Gasteiger partial charge on any atom is -0.457 e. The standard InChI is InChI=1S/C51H82O12S/c1-3-5-7-9-11-13-15-17-18-19-20-21-22-23-24-25-26-27-29-31-33-35-37-39-41-59-43-45(44-60-51-49(55)50(63-64(56,57)58)48(54)46(42-52)62-51)61-47(53)40-38-36-34-32-30-28-16-14-12-10-8-6-4-2/h5-8,11-14,17-18,20-21,23-24,26-28,30,45-46,48-52,54-55H,3-4,9-10,15-16,19,22,25,29,31-44H2,1-2H3,(H,56,57,58)/b7-5-,8-6-,13-11-,14-12-,18-17-,21-20-,24-23-,27-26-,30-28-. The molecule has 6 atom stereocenters. The summed E-state index contributed by atoms with van der Waals surface area (Å²) in [5.41, 5.74) is 0. The summed E-state index contributed by atoms with van der Waals surface area (Å²) in [4.78, 5) is 12.8. The van der Waals surface area contributed by atoms with Crippen LogP contribution >= 0.6 is 0 Å². The van der Waals surface area contributed by atoms with Crippen LogP contribution in [-0.4, -0.2) is 97.5 Å². The Balaban J connectivity index is 2.42. The summed E-state index contributed by atoms with van der Waals surface area (Å²) in [5.74, 6) is -0.441. The molecule has 0 radical (unpaired) electrons. The van der Waals surface area contributed by atoms with Crippen molar-refractivity contribution < 1.29 is 56.2 Å². The van der Waals surface area contributed by atoms with E-state index in [4.69, 9.17) is 23.5 Å². The van der Waals surface area contributed by atoms with Gasteiger partial charge in [-0.05, 0) is 96.3 Å². The maximum Gasteiger partial charge on any atom is 0.397 e. The maximum absolute atomic E-state index is 12.8. The van der Waals surface area contributed by atoms with Gasteiger partial charge in [0.1, 0.15) is 30.5 Å². The fourth-order valence-electron chi connectivity index (χ4n) is 6.39. The Morgan fingerprint density at radius 2 is 1.03 bits per heavy atom. The van der Waals surface area contributed by atoms with E-state index in [0.29, 0.717) is 13.0 Å². The van der Waals surface area contributed by atoms with Gasteiger partial charge in [0.2, 0.25) is 0 Å². The van der Waals surface area contributed by atoms with Crippen molar-refractivity contribution in [1.29, 1.82) is 0 Å². The molecule has 0 bridgehead atoms. The number of aliphatic hydroxyl groups is 3. The molecule has 12 nitrogen and oxygen atoms in total. The number of carbonyl (C=O) groups excluding carboxylic acids is 1. The largest absolute Gasteiger partial charge is 0.457 e. The lowest BCUT2D eigenvalue weighted by Crippen LogP contribution is -2.60. The van der Waals surface area contributed by atoms with Gasteiger partial charge in [-0.15, -0.1) is 0 Å². The third kappa shape index (κ3) is 34.2. The van der Waals surface area contributed by atoms with Crippen LogP contribution in [0, 0.1) is 0 Å². The lowest BCUT2D eigenvalue weighted by Gasteiger charge is -2.41. The molecule has 64 heavy (non-hydrogen) atoms. The summed E-state index contributed by atoms with van der Waals surface area (Å²) >= 11 is 0. The number of hydrogen-bond donors (Lipinski definition) is 4. The Labute approximate surface area is 386 Å². The first-order valence-electron chi connectivity index (χ1n) is 23.6. The number of hydrogen-bond acceptors (Lipinski definition) is 11. The second kappa shape index (κ2) is 41.2. The van der Waals surface area contributed by atoms with Gasteiger partial charge in [-0.25, -0.2) is 4.18 Å². The van der Waals surface area contributed by atoms with Crippen molar-refractivity contribution in [2.75, 3.05) is 26.4 Å². The van der Waals surface area contributed by atoms with Gasteiger partial charge in [-0.3, -0.25) is 9.35 Å². The highest BCUT2D eigenvalue weighted by atomic mass is 32.3. The fourth-order valence-corrected chi connectivity index (χ4v) is 6.90. The van der Waals surface area contributed by atoms with E-state index in [0.717, 1.165) is 116 Å². The van der Waals surface area contributed by atoms with E-state index in [1.807, 2.05) is 0 Å². The van der Waals surface area contributed by atoms with Gasteiger partial charge in [0.05, 0.1) is 19.8 Å². The third-order valence-electron chi connectivity index (χ3n) is 9.89. The highest BCUT2D eigenvalue weighted by molar-refractivity contribution is 7.80. The summed E-state index contributed by atoms with van der Waals surface area (Å²) in [6, 6.07) is 0. The van der Waals surface area contributed by atoms with E-state index in [-0.39, 0.29) is 19.6 Å². The third-order valence-corrected chi connectivity index (χ3v) is 10.4. The second-order valence-corrected chi connectivity index (χ2v) is 16.6. The molecule has 0 spiro atoms. The lowest BCUT2D eigenvalue weighted by atomic mass is 9.99. The molecule has 0 aromatic heterocycles. The summed E-state index contributed by atoms with van der Waals surface area (Å²) < 4.78 is 59.0. The Morgan fingerprint density at radius 3 is 1.50 bits per heavy atom. The molecule has 0 amide bonds. The molecular formula is C51H82O12S. The van der Waals surface area contributed by atoms with Crippen molar-refractivity contribution in [2.45, 2.75) is 179 Å². The smallest absolute Gasteiger partial charge is 0.397 e. The average molecular weight is 919 g/mol. The molecule has 1 aliphatic heterocycles. The molecule has 6 unspecified atom stereocenters. The molecule has 13 heteroatoms. The lowest BCUT2D eigenvalue weighted by molar-refractivity contribution is -0.301. The molecule has 0 aromatic carbocycles. The zero-order valence-corrected chi connectivity index (χ0v) is 39.6. The van der Waals surface area contributed by atoms with Crippen LogP contribution in [0.1, 0.15) is 142 Å². The van der Waals surface area contributed by atoms with E-state index < -0.39 is 59.8 Å². The Kier molecular flexibility index (Phi) is 37.8. The summed E-state index contributed by atoms with van der Waals surface area (Å²) in [7, 11) is -5.08. The normalized spacial score (nSPS) is 20.8. The van der Waals surface area contributed by atoms with Crippen molar-refractivity contribution in [3.05, 3.63) is 109 Å². The van der Waals surface area contributed by atoms with Crippen LogP contribution in [0.4, 0.5) is 0 Å². The predicted molar refractivity (Wildman–Crippen MR) is 257 cm³/mol. The first-order chi connectivity index (χ1) is 31.1. The average Bonchev–Trinajstić information content (AvgIpc) is 3.27. The molecule has 1 saturated heterocycles. The van der Waals surface area contributed by atoms with E-state index in [2.05, 4.69) is 127 Å². The van der Waals surface area contributed by atoms with Crippen molar-refractivity contribution >= 4 is 16.4 Å². The van der Waals surface area contributed by atoms with Crippen LogP contribution < -0.4 is 0 Å². The first-order valence-corrected chi connectivity index (χ1v) is 25.0. The highest BCUT2D eigenvalue weighted by Gasteiger charge is 2.48. The van der Waals surface area contributed by atoms with Crippen LogP contribution in [0.2, 0.25) is 0 Å². The molecular weight excluding hydrogens is 837 g/mol.